The Morgan fingerprint density at radius 1 is 1.50 bits per heavy atom. The second-order valence-corrected chi connectivity index (χ2v) is 4.30. The van der Waals surface area contributed by atoms with Crippen molar-refractivity contribution in [3.05, 3.63) is 36.2 Å². The van der Waals surface area contributed by atoms with Gasteiger partial charge in [-0.05, 0) is 30.0 Å². The van der Waals surface area contributed by atoms with E-state index >= 15 is 0 Å². The lowest BCUT2D eigenvalue weighted by Gasteiger charge is -2.05. The van der Waals surface area contributed by atoms with Crippen molar-refractivity contribution in [2.75, 3.05) is 5.73 Å². The molecule has 16 heavy (non-hydrogen) atoms. The molecule has 0 spiro atoms. The monoisotopic (exact) mass is 230 g/mol. The van der Waals surface area contributed by atoms with Crippen LogP contribution in [0.1, 0.15) is 5.56 Å². The largest absolute Gasteiger partial charge is 0.398 e. The van der Waals surface area contributed by atoms with Gasteiger partial charge in [0.2, 0.25) is 0 Å². The van der Waals surface area contributed by atoms with E-state index in [9.17, 15) is 0 Å². The summed E-state index contributed by atoms with van der Waals surface area (Å²) in [6.07, 6.45) is 3.60. The average Bonchev–Trinajstić information content (AvgIpc) is 2.68. The van der Waals surface area contributed by atoms with Gasteiger partial charge in [0, 0.05) is 30.0 Å². The molecule has 2 rings (SSSR count). The van der Waals surface area contributed by atoms with Crippen LogP contribution in [0, 0.1) is 11.3 Å². The molecule has 0 amide bonds. The summed E-state index contributed by atoms with van der Waals surface area (Å²) in [5, 5.41) is 9.66. The quantitative estimate of drug-likeness (QED) is 0.801. The summed E-state index contributed by atoms with van der Waals surface area (Å²) in [5.41, 5.74) is 7.11. The van der Waals surface area contributed by atoms with Crippen molar-refractivity contribution in [1.82, 2.24) is 9.55 Å². The highest BCUT2D eigenvalue weighted by atomic mass is 32.2. The number of rotatable bonds is 2. The summed E-state index contributed by atoms with van der Waals surface area (Å²) in [6.45, 7) is 0. The first-order valence-corrected chi connectivity index (χ1v) is 5.47. The summed E-state index contributed by atoms with van der Waals surface area (Å²) >= 11 is 1.45. The third-order valence-electron chi connectivity index (χ3n) is 2.12. The van der Waals surface area contributed by atoms with Crippen LogP contribution in [-0.4, -0.2) is 9.55 Å². The fraction of sp³-hybridized carbons (Fsp3) is 0.0909. The van der Waals surface area contributed by atoms with Crippen LogP contribution in [0.25, 0.3) is 0 Å². The Morgan fingerprint density at radius 3 is 2.94 bits per heavy atom. The normalized spacial score (nSPS) is 10.0. The van der Waals surface area contributed by atoms with E-state index in [1.54, 1.807) is 24.4 Å². The fourth-order valence-electron chi connectivity index (χ4n) is 1.24. The number of imidazole rings is 1. The number of anilines is 1. The van der Waals surface area contributed by atoms with Crippen molar-refractivity contribution in [2.24, 2.45) is 7.05 Å². The topological polar surface area (TPSA) is 67.6 Å². The van der Waals surface area contributed by atoms with Crippen LogP contribution in [0.2, 0.25) is 0 Å². The average molecular weight is 230 g/mol. The van der Waals surface area contributed by atoms with Gasteiger partial charge in [-0.3, -0.25) is 0 Å². The third-order valence-corrected chi connectivity index (χ3v) is 3.27. The van der Waals surface area contributed by atoms with Crippen molar-refractivity contribution in [1.29, 1.82) is 5.26 Å². The van der Waals surface area contributed by atoms with Gasteiger partial charge in [0.25, 0.3) is 0 Å². The van der Waals surface area contributed by atoms with Gasteiger partial charge in [0.1, 0.15) is 0 Å². The minimum absolute atomic E-state index is 0.603. The minimum atomic E-state index is 0.603. The van der Waals surface area contributed by atoms with Crippen molar-refractivity contribution in [2.45, 2.75) is 10.1 Å². The molecule has 0 unspecified atom stereocenters. The molecule has 5 heteroatoms. The molecular formula is C11H10N4S. The van der Waals surface area contributed by atoms with Crippen LogP contribution < -0.4 is 5.73 Å². The van der Waals surface area contributed by atoms with Crippen molar-refractivity contribution >= 4 is 17.4 Å². The van der Waals surface area contributed by atoms with Gasteiger partial charge in [-0.25, -0.2) is 4.98 Å². The van der Waals surface area contributed by atoms with Crippen molar-refractivity contribution in [3.8, 4) is 6.07 Å². The van der Waals surface area contributed by atoms with E-state index in [1.165, 1.54) is 11.8 Å². The molecule has 1 aromatic carbocycles. The second kappa shape index (κ2) is 4.29. The summed E-state index contributed by atoms with van der Waals surface area (Å²) in [7, 11) is 1.92. The van der Waals surface area contributed by atoms with Crippen LogP contribution in [0.5, 0.6) is 0 Å². The van der Waals surface area contributed by atoms with E-state index in [-0.39, 0.29) is 0 Å². The third kappa shape index (κ3) is 2.02. The van der Waals surface area contributed by atoms with Crippen LogP contribution >= 0.6 is 11.8 Å². The molecular weight excluding hydrogens is 220 g/mol. The summed E-state index contributed by atoms with van der Waals surface area (Å²) in [4.78, 5) is 5.05. The number of aryl methyl sites for hydroxylation is 1. The number of hydrogen-bond donors (Lipinski definition) is 1. The van der Waals surface area contributed by atoms with Gasteiger partial charge in [0.15, 0.2) is 5.16 Å². The Balaban J connectivity index is 2.35. The molecule has 2 aromatic rings. The zero-order chi connectivity index (χ0) is 11.5. The zero-order valence-electron chi connectivity index (χ0n) is 8.71. The molecule has 0 atom stereocenters. The predicted molar refractivity (Wildman–Crippen MR) is 62.9 cm³/mol. The van der Waals surface area contributed by atoms with E-state index in [0.29, 0.717) is 11.3 Å². The number of aromatic nitrogens is 2. The second-order valence-electron chi connectivity index (χ2n) is 3.29. The number of nitrogen functional groups attached to an aromatic ring is 1. The zero-order valence-corrected chi connectivity index (χ0v) is 9.53. The molecule has 0 bridgehead atoms. The van der Waals surface area contributed by atoms with E-state index < -0.39 is 0 Å². The Morgan fingerprint density at radius 2 is 2.31 bits per heavy atom. The smallest absolute Gasteiger partial charge is 0.172 e. The molecule has 0 radical (unpaired) electrons. The lowest BCUT2D eigenvalue weighted by atomic mass is 10.2. The number of nitrogens with two attached hydrogens (primary N) is 1. The standard InChI is InChI=1S/C11H10N4S/c1-15-5-4-14-11(15)16-10-6-8(7-12)2-3-9(10)13/h2-6H,13H2,1H3. The molecule has 2 N–H and O–H groups in total. The summed E-state index contributed by atoms with van der Waals surface area (Å²) in [6, 6.07) is 7.31. The number of benzene rings is 1. The fourth-order valence-corrected chi connectivity index (χ4v) is 2.13. The highest BCUT2D eigenvalue weighted by molar-refractivity contribution is 7.99. The summed E-state index contributed by atoms with van der Waals surface area (Å²) in [5.74, 6) is 0. The lowest BCUT2D eigenvalue weighted by Crippen LogP contribution is -1.92. The Labute approximate surface area is 97.7 Å². The van der Waals surface area contributed by atoms with E-state index in [4.69, 9.17) is 11.0 Å². The van der Waals surface area contributed by atoms with Crippen LogP contribution in [-0.2, 0) is 7.05 Å². The van der Waals surface area contributed by atoms with Gasteiger partial charge >= 0.3 is 0 Å². The Kier molecular flexibility index (Phi) is 2.84. The Bertz CT molecular complexity index is 553. The Hall–Kier alpha value is -1.93. The number of nitriles is 1. The minimum Gasteiger partial charge on any atom is -0.398 e. The van der Waals surface area contributed by atoms with Crippen molar-refractivity contribution in [3.63, 3.8) is 0 Å². The first-order valence-electron chi connectivity index (χ1n) is 4.65. The maximum Gasteiger partial charge on any atom is 0.172 e. The van der Waals surface area contributed by atoms with Crippen LogP contribution in [0.4, 0.5) is 5.69 Å². The first-order chi connectivity index (χ1) is 7.70. The maximum atomic E-state index is 8.81. The molecule has 0 saturated heterocycles. The van der Waals surface area contributed by atoms with Crippen molar-refractivity contribution < 1.29 is 0 Å². The van der Waals surface area contributed by atoms with Gasteiger partial charge < -0.3 is 10.3 Å². The molecule has 4 nitrogen and oxygen atoms in total. The SMILES string of the molecule is Cn1ccnc1Sc1cc(C#N)ccc1N. The molecule has 0 fully saturated rings. The predicted octanol–water partition coefficient (Wildman–Crippen LogP) is 2.03. The molecule has 80 valence electrons. The van der Waals surface area contributed by atoms with Gasteiger partial charge in [-0.1, -0.05) is 0 Å². The number of hydrogen-bond acceptors (Lipinski definition) is 4. The molecule has 1 aromatic heterocycles. The molecule has 0 aliphatic heterocycles. The molecule has 1 heterocycles. The van der Waals surface area contributed by atoms with Crippen LogP contribution in [0.15, 0.2) is 40.6 Å². The van der Waals surface area contributed by atoms with E-state index in [1.807, 2.05) is 17.8 Å². The molecule has 0 aliphatic rings. The summed E-state index contributed by atoms with van der Waals surface area (Å²) < 4.78 is 1.91. The van der Waals surface area contributed by atoms with Gasteiger partial charge in [-0.15, -0.1) is 0 Å². The van der Waals surface area contributed by atoms with E-state index in [2.05, 4.69) is 11.1 Å². The molecule has 0 aliphatic carbocycles. The van der Waals surface area contributed by atoms with E-state index in [0.717, 1.165) is 10.1 Å². The maximum absolute atomic E-state index is 8.81. The first kappa shape index (κ1) is 10.6. The van der Waals surface area contributed by atoms with Gasteiger partial charge in [-0.2, -0.15) is 5.26 Å². The number of nitrogens with zero attached hydrogens (tertiary/aromatic N) is 3. The lowest BCUT2D eigenvalue weighted by molar-refractivity contribution is 0.790. The van der Waals surface area contributed by atoms with Crippen LogP contribution in [0.3, 0.4) is 0 Å². The highest BCUT2D eigenvalue weighted by Gasteiger charge is 2.06. The molecule has 0 saturated carbocycles. The highest BCUT2D eigenvalue weighted by Crippen LogP contribution is 2.31. The van der Waals surface area contributed by atoms with Gasteiger partial charge in [0.05, 0.1) is 11.6 Å².